The zero-order valence-corrected chi connectivity index (χ0v) is 23.2. The smallest absolute Gasteiger partial charge is 0.266 e. The van der Waals surface area contributed by atoms with Crippen LogP contribution in [-0.2, 0) is 28.6 Å². The Kier molecular flexibility index (Phi) is 7.59. The van der Waals surface area contributed by atoms with E-state index in [4.69, 9.17) is 4.74 Å². The van der Waals surface area contributed by atoms with Crippen LogP contribution < -0.4 is 5.56 Å². The van der Waals surface area contributed by atoms with Crippen molar-refractivity contribution < 1.29 is 22.7 Å². The number of halogens is 3. The predicted molar refractivity (Wildman–Crippen MR) is 151 cm³/mol. The van der Waals surface area contributed by atoms with E-state index in [0.717, 1.165) is 6.07 Å². The van der Waals surface area contributed by atoms with Gasteiger partial charge in [-0.15, -0.1) is 0 Å². The van der Waals surface area contributed by atoms with Crippen LogP contribution in [0.5, 0.6) is 0 Å². The number of ether oxygens (including phenoxy) is 1. The van der Waals surface area contributed by atoms with Crippen LogP contribution in [0.4, 0.5) is 13.2 Å². The van der Waals surface area contributed by atoms with E-state index in [1.165, 1.54) is 30.0 Å². The standard InChI is InChI=1S/C26H30B3F3N4O3/c1-13(16-6-5-7-17(21(16)30)22(31)32)8-20-18-9-19(24(38)35(4)23(18)34-12-33-20)25(39-26(27,28)29)10-14(2)36(11-25)15(3)37/h5-7,9-10,12-13,22H,8,11,27-29H2,1-4H3/t13-,25?/m0/s1. The molecule has 1 aliphatic rings. The van der Waals surface area contributed by atoms with Crippen LogP contribution in [-0.4, -0.2) is 60.7 Å². The van der Waals surface area contributed by atoms with Crippen molar-refractivity contribution >= 4 is 40.5 Å². The van der Waals surface area contributed by atoms with Gasteiger partial charge >= 0.3 is 0 Å². The number of carbonyl (C=O) groups is 1. The molecule has 7 nitrogen and oxygen atoms in total. The van der Waals surface area contributed by atoms with Crippen molar-refractivity contribution in [3.05, 3.63) is 80.9 Å². The second-order valence-corrected chi connectivity index (χ2v) is 11.1. The van der Waals surface area contributed by atoms with E-state index >= 15 is 0 Å². The number of pyridine rings is 1. The van der Waals surface area contributed by atoms with Gasteiger partial charge in [0.2, 0.25) is 5.91 Å². The lowest BCUT2D eigenvalue weighted by Gasteiger charge is -2.36. The average molecular weight is 536 g/mol. The molecule has 3 aromatic rings. The van der Waals surface area contributed by atoms with Crippen LogP contribution >= 0.6 is 0 Å². The van der Waals surface area contributed by atoms with E-state index in [1.807, 2.05) is 23.5 Å². The molecule has 1 aromatic carbocycles. The molecular formula is C26H30B3F3N4O3. The van der Waals surface area contributed by atoms with Gasteiger partial charge in [0, 0.05) is 25.1 Å². The minimum atomic E-state index is -2.93. The first-order valence-electron chi connectivity index (χ1n) is 12.7. The summed E-state index contributed by atoms with van der Waals surface area (Å²) >= 11 is 0. The summed E-state index contributed by atoms with van der Waals surface area (Å²) in [4.78, 5) is 36.4. The van der Waals surface area contributed by atoms with Gasteiger partial charge in [-0.2, -0.15) is 0 Å². The molecule has 4 rings (SSSR count). The summed E-state index contributed by atoms with van der Waals surface area (Å²) in [5.41, 5.74) is -0.177. The van der Waals surface area contributed by atoms with Crippen LogP contribution in [0, 0.1) is 5.82 Å². The number of alkyl halides is 2. The maximum Gasteiger partial charge on any atom is 0.266 e. The van der Waals surface area contributed by atoms with E-state index < -0.39 is 34.6 Å². The summed E-state index contributed by atoms with van der Waals surface area (Å²) in [6, 6.07) is 5.67. The van der Waals surface area contributed by atoms with Crippen LogP contribution in [0.1, 0.15) is 55.5 Å². The minimum absolute atomic E-state index is 0.122. The predicted octanol–water partition coefficient (Wildman–Crippen LogP) is 1.24. The molecule has 0 bridgehead atoms. The molecule has 1 amide bonds. The highest BCUT2D eigenvalue weighted by atomic mass is 19.3. The number of hydrogen-bond acceptors (Lipinski definition) is 5. The lowest BCUT2D eigenvalue weighted by Crippen LogP contribution is -2.49. The Morgan fingerprint density at radius 1 is 1.23 bits per heavy atom. The van der Waals surface area contributed by atoms with Gasteiger partial charge in [0.25, 0.3) is 12.0 Å². The largest absolute Gasteiger partial charge is 0.383 e. The number of rotatable bonds is 7. The van der Waals surface area contributed by atoms with Gasteiger partial charge in [0.15, 0.2) is 0 Å². The molecule has 3 heterocycles. The zero-order valence-electron chi connectivity index (χ0n) is 23.2. The normalized spacial score (nSPS) is 18.6. The molecule has 2 atom stereocenters. The topological polar surface area (TPSA) is 77.3 Å². The Labute approximate surface area is 227 Å². The SMILES string of the molecule is BC(B)(B)OC1(c2cc3c(C[C@H](C)c4cccc(C(F)F)c4F)ncnc3n(C)c2=O)C=C(C)N(C(C)=O)C1. The number of nitrogens with zero attached hydrogens (tertiary/aromatic N) is 4. The van der Waals surface area contributed by atoms with Gasteiger partial charge in [-0.1, -0.05) is 25.1 Å². The third-order valence-electron chi connectivity index (χ3n) is 7.00. The molecular weight excluding hydrogens is 506 g/mol. The fourth-order valence-corrected chi connectivity index (χ4v) is 5.31. The molecule has 202 valence electrons. The third kappa shape index (κ3) is 5.41. The number of carbonyl (C=O) groups excluding carboxylic acids is 1. The number of allylic oxidation sites excluding steroid dienone is 1. The molecule has 13 heteroatoms. The maximum absolute atomic E-state index is 14.9. The number of aromatic nitrogens is 3. The van der Waals surface area contributed by atoms with Crippen molar-refractivity contribution in [2.45, 2.75) is 50.4 Å². The fraction of sp³-hybridized carbons (Fsp3) is 0.385. The Bertz CT molecular complexity index is 1540. The van der Waals surface area contributed by atoms with E-state index in [0.29, 0.717) is 28.0 Å². The minimum Gasteiger partial charge on any atom is -0.383 e. The molecule has 39 heavy (non-hydrogen) atoms. The quantitative estimate of drug-likeness (QED) is 0.426. The van der Waals surface area contributed by atoms with Crippen molar-refractivity contribution in [3.8, 4) is 0 Å². The first-order valence-corrected chi connectivity index (χ1v) is 12.7. The monoisotopic (exact) mass is 536 g/mol. The van der Waals surface area contributed by atoms with Gasteiger partial charge in [-0.25, -0.2) is 23.1 Å². The van der Waals surface area contributed by atoms with Crippen LogP contribution in [0.25, 0.3) is 11.0 Å². The van der Waals surface area contributed by atoms with E-state index in [2.05, 4.69) is 9.97 Å². The molecule has 0 saturated carbocycles. The van der Waals surface area contributed by atoms with Gasteiger partial charge in [0.05, 0.1) is 23.4 Å². The maximum atomic E-state index is 14.9. The molecule has 0 radical (unpaired) electrons. The fourth-order valence-electron chi connectivity index (χ4n) is 5.31. The van der Waals surface area contributed by atoms with Crippen molar-refractivity contribution in [2.75, 3.05) is 6.54 Å². The van der Waals surface area contributed by atoms with Crippen molar-refractivity contribution in [1.82, 2.24) is 19.4 Å². The lowest BCUT2D eigenvalue weighted by atomic mass is 9.52. The zero-order chi connectivity index (χ0) is 28.9. The first kappa shape index (κ1) is 28.7. The third-order valence-corrected chi connectivity index (χ3v) is 7.00. The highest BCUT2D eigenvalue weighted by Crippen LogP contribution is 2.38. The Hall–Kier alpha value is -3.34. The molecule has 0 spiro atoms. The Morgan fingerprint density at radius 2 is 1.90 bits per heavy atom. The number of benzene rings is 1. The van der Waals surface area contributed by atoms with Crippen LogP contribution in [0.2, 0.25) is 0 Å². The number of aryl methyl sites for hydroxylation is 1. The van der Waals surface area contributed by atoms with Crippen molar-refractivity contribution in [1.29, 1.82) is 0 Å². The summed E-state index contributed by atoms with van der Waals surface area (Å²) in [6.07, 6.45) is 0.403. The number of hydrogen-bond donors (Lipinski definition) is 0. The molecule has 1 unspecified atom stereocenters. The second-order valence-electron chi connectivity index (χ2n) is 11.1. The lowest BCUT2D eigenvalue weighted by molar-refractivity contribution is -0.129. The van der Waals surface area contributed by atoms with E-state index in [-0.39, 0.29) is 30.0 Å². The summed E-state index contributed by atoms with van der Waals surface area (Å²) < 4.78 is 49.4. The van der Waals surface area contributed by atoms with Crippen LogP contribution in [0.15, 0.2) is 47.2 Å². The number of amides is 1. The summed E-state index contributed by atoms with van der Waals surface area (Å²) in [5.74, 6) is -1.60. The molecule has 0 N–H and O–H groups in total. The molecule has 0 aliphatic carbocycles. The first-order chi connectivity index (χ1) is 18.1. The molecule has 0 saturated heterocycles. The highest BCUT2D eigenvalue weighted by Gasteiger charge is 2.45. The Balaban J connectivity index is 1.88. The summed E-state index contributed by atoms with van der Waals surface area (Å²) in [5, 5.41) is -0.113. The van der Waals surface area contributed by atoms with Gasteiger partial charge in [-0.3, -0.25) is 14.2 Å². The molecule has 0 fully saturated rings. The van der Waals surface area contributed by atoms with Gasteiger partial charge in [0.1, 0.15) is 46.9 Å². The summed E-state index contributed by atoms with van der Waals surface area (Å²) in [7, 11) is 7.22. The molecule has 2 aromatic heterocycles. The van der Waals surface area contributed by atoms with Crippen molar-refractivity contribution in [2.24, 2.45) is 7.05 Å². The van der Waals surface area contributed by atoms with Crippen LogP contribution in [0.3, 0.4) is 0 Å². The summed E-state index contributed by atoms with van der Waals surface area (Å²) in [6.45, 7) is 5.11. The molecule has 1 aliphatic heterocycles. The van der Waals surface area contributed by atoms with Crippen molar-refractivity contribution in [3.63, 3.8) is 0 Å². The van der Waals surface area contributed by atoms with E-state index in [1.54, 1.807) is 37.9 Å². The second kappa shape index (κ2) is 10.3. The van der Waals surface area contributed by atoms with Gasteiger partial charge in [-0.05, 0) is 42.3 Å². The number of fused-ring (bicyclic) bond motifs is 1. The van der Waals surface area contributed by atoms with E-state index in [9.17, 15) is 22.8 Å². The highest BCUT2D eigenvalue weighted by molar-refractivity contribution is 6.58. The Morgan fingerprint density at radius 3 is 2.49 bits per heavy atom. The average Bonchev–Trinajstić information content (AvgIpc) is 3.16. The van der Waals surface area contributed by atoms with Gasteiger partial charge < -0.3 is 9.64 Å².